The molecule has 0 aromatic carbocycles. The second kappa shape index (κ2) is 8.73. The molecule has 0 fully saturated rings. The van der Waals surface area contributed by atoms with Gasteiger partial charge in [0.15, 0.2) is 0 Å². The summed E-state index contributed by atoms with van der Waals surface area (Å²) in [6.07, 6.45) is 2.06. The van der Waals surface area contributed by atoms with Gasteiger partial charge in [0.2, 0.25) is 18.2 Å². The first-order chi connectivity index (χ1) is 10.1. The van der Waals surface area contributed by atoms with E-state index in [2.05, 4.69) is 5.32 Å². The minimum Gasteiger partial charge on any atom is -0.347 e. The molecule has 0 aromatic rings. The van der Waals surface area contributed by atoms with Crippen molar-refractivity contribution in [2.45, 2.75) is 59.0 Å². The molecule has 128 valence electrons. The summed E-state index contributed by atoms with van der Waals surface area (Å²) < 4.78 is 0. The molecule has 3 amide bonds. The Kier molecular flexibility index (Phi) is 8.08. The molecule has 0 aromatic heterocycles. The van der Waals surface area contributed by atoms with Crippen molar-refractivity contribution in [3.05, 3.63) is 0 Å². The number of carbonyl (C=O) groups excluding carboxylic acids is 3. The fourth-order valence-electron chi connectivity index (χ4n) is 2.00. The van der Waals surface area contributed by atoms with Crippen LogP contribution in [0.3, 0.4) is 0 Å². The van der Waals surface area contributed by atoms with Gasteiger partial charge < -0.3 is 10.2 Å². The molecule has 22 heavy (non-hydrogen) atoms. The lowest BCUT2D eigenvalue weighted by Crippen LogP contribution is -2.57. The molecule has 0 aliphatic heterocycles. The predicted molar refractivity (Wildman–Crippen MR) is 83.1 cm³/mol. The van der Waals surface area contributed by atoms with Gasteiger partial charge in [-0.1, -0.05) is 40.5 Å². The lowest BCUT2D eigenvalue weighted by molar-refractivity contribution is -0.169. The number of hydrogen-bond donors (Lipinski definition) is 2. The van der Waals surface area contributed by atoms with E-state index in [1.807, 2.05) is 27.7 Å². The number of hydroxylamine groups is 2. The van der Waals surface area contributed by atoms with E-state index in [1.165, 1.54) is 4.90 Å². The second-order valence-corrected chi connectivity index (χ2v) is 6.68. The van der Waals surface area contributed by atoms with Gasteiger partial charge in [0.25, 0.3) is 0 Å². The minimum atomic E-state index is -0.989. The molecular weight excluding hydrogens is 286 g/mol. The smallest absolute Gasteiger partial charge is 0.246 e. The first kappa shape index (κ1) is 20.4. The number of nitrogens with zero attached hydrogens (tertiary/aromatic N) is 2. The van der Waals surface area contributed by atoms with Gasteiger partial charge in [-0.3, -0.25) is 19.6 Å². The number of likely N-dealkylation sites (N-methyl/N-ethyl adjacent to an activating group) is 1. The molecule has 0 aliphatic carbocycles. The zero-order valence-corrected chi connectivity index (χ0v) is 14.4. The number of nitrogens with one attached hydrogen (secondary N) is 1. The maximum Gasteiger partial charge on any atom is 0.246 e. The molecule has 0 saturated heterocycles. The zero-order chi connectivity index (χ0) is 17.5. The highest BCUT2D eigenvalue weighted by Crippen LogP contribution is 2.21. The fraction of sp³-hybridized carbons (Fsp3) is 0.800. The summed E-state index contributed by atoms with van der Waals surface area (Å²) in [5.74, 6) is -0.760. The van der Waals surface area contributed by atoms with Crippen LogP contribution in [0.5, 0.6) is 0 Å². The van der Waals surface area contributed by atoms with Crippen molar-refractivity contribution in [3.8, 4) is 0 Å². The van der Waals surface area contributed by atoms with Crippen molar-refractivity contribution < 1.29 is 19.6 Å². The molecule has 0 saturated carbocycles. The Morgan fingerprint density at radius 1 is 1.27 bits per heavy atom. The fourth-order valence-corrected chi connectivity index (χ4v) is 2.00. The molecule has 0 radical (unpaired) electrons. The van der Waals surface area contributed by atoms with Crippen LogP contribution in [0.15, 0.2) is 0 Å². The molecule has 0 heterocycles. The monoisotopic (exact) mass is 315 g/mol. The molecule has 0 bridgehead atoms. The lowest BCUT2D eigenvalue weighted by atomic mass is 9.85. The number of carbonyl (C=O) groups is 3. The molecule has 7 nitrogen and oxygen atoms in total. The normalized spacial score (nSPS) is 14.0. The van der Waals surface area contributed by atoms with E-state index in [9.17, 15) is 19.6 Å². The molecule has 2 N–H and O–H groups in total. The van der Waals surface area contributed by atoms with Crippen LogP contribution in [0, 0.1) is 5.41 Å². The number of amides is 3. The number of unbranched alkanes of at least 4 members (excludes halogenated alkanes) is 1. The van der Waals surface area contributed by atoms with Gasteiger partial charge in [0.05, 0.1) is 0 Å². The lowest BCUT2D eigenvalue weighted by Gasteiger charge is -2.34. The quantitative estimate of drug-likeness (QED) is 0.397. The highest BCUT2D eigenvalue weighted by Gasteiger charge is 2.36. The van der Waals surface area contributed by atoms with Crippen LogP contribution in [-0.4, -0.2) is 59.6 Å². The van der Waals surface area contributed by atoms with Crippen molar-refractivity contribution in [2.24, 2.45) is 5.41 Å². The van der Waals surface area contributed by atoms with Crippen molar-refractivity contribution in [1.29, 1.82) is 0 Å². The topological polar surface area (TPSA) is 90.0 Å². The highest BCUT2D eigenvalue weighted by molar-refractivity contribution is 5.90. The van der Waals surface area contributed by atoms with Gasteiger partial charge in [-0.15, -0.1) is 0 Å². The first-order valence-electron chi connectivity index (χ1n) is 7.50. The average Bonchev–Trinajstić information content (AvgIpc) is 2.42. The Labute approximate surface area is 132 Å². The van der Waals surface area contributed by atoms with Crippen LogP contribution in [0.4, 0.5) is 0 Å². The van der Waals surface area contributed by atoms with E-state index in [0.717, 1.165) is 6.42 Å². The Morgan fingerprint density at radius 3 is 2.18 bits per heavy atom. The molecule has 0 aliphatic rings. The molecule has 0 unspecified atom stereocenters. The number of rotatable bonds is 8. The largest absolute Gasteiger partial charge is 0.347 e. The van der Waals surface area contributed by atoms with Crippen LogP contribution in [-0.2, 0) is 14.4 Å². The van der Waals surface area contributed by atoms with Crippen molar-refractivity contribution in [3.63, 3.8) is 0 Å². The molecule has 0 spiro atoms. The van der Waals surface area contributed by atoms with Crippen molar-refractivity contribution in [2.75, 3.05) is 14.1 Å². The summed E-state index contributed by atoms with van der Waals surface area (Å²) in [6, 6.07) is -1.73. The Hall–Kier alpha value is -1.63. The SMILES string of the molecule is CCCC[C@H](C(=O)N[C@H](C(=O)N(C)C)C(C)(C)C)N(O)C=O. The van der Waals surface area contributed by atoms with Crippen molar-refractivity contribution >= 4 is 18.2 Å². The summed E-state index contributed by atoms with van der Waals surface area (Å²) in [5.41, 5.74) is -0.492. The average molecular weight is 315 g/mol. The van der Waals surface area contributed by atoms with Crippen LogP contribution >= 0.6 is 0 Å². The maximum absolute atomic E-state index is 12.4. The van der Waals surface area contributed by atoms with E-state index in [1.54, 1.807) is 14.1 Å². The first-order valence-corrected chi connectivity index (χ1v) is 7.50. The molecular formula is C15H29N3O4. The predicted octanol–water partition coefficient (Wildman–Crippen LogP) is 1.01. The van der Waals surface area contributed by atoms with Gasteiger partial charge in [0, 0.05) is 14.1 Å². The summed E-state index contributed by atoms with van der Waals surface area (Å²) in [5, 5.41) is 12.6. The summed E-state index contributed by atoms with van der Waals surface area (Å²) in [6.45, 7) is 7.48. The summed E-state index contributed by atoms with van der Waals surface area (Å²) >= 11 is 0. The van der Waals surface area contributed by atoms with E-state index in [4.69, 9.17) is 0 Å². The van der Waals surface area contributed by atoms with Crippen LogP contribution in [0.1, 0.15) is 47.0 Å². The van der Waals surface area contributed by atoms with Gasteiger partial charge in [-0.2, -0.15) is 0 Å². The summed E-state index contributed by atoms with van der Waals surface area (Å²) in [4.78, 5) is 36.8. The molecule has 2 atom stereocenters. The van der Waals surface area contributed by atoms with E-state index in [-0.39, 0.29) is 12.3 Å². The van der Waals surface area contributed by atoms with E-state index < -0.39 is 23.4 Å². The number of hydrogen-bond acceptors (Lipinski definition) is 4. The van der Waals surface area contributed by atoms with Gasteiger partial charge in [0.1, 0.15) is 12.1 Å². The Bertz CT molecular complexity index is 391. The third-order valence-electron chi connectivity index (χ3n) is 3.40. The van der Waals surface area contributed by atoms with Gasteiger partial charge in [-0.25, -0.2) is 5.06 Å². The standard InChI is InChI=1S/C15H29N3O4/c1-7-8-9-11(18(22)10-19)13(20)16-12(15(2,3)4)14(21)17(5)6/h10-12,22H,7-9H2,1-6H3,(H,16,20)/t11-,12-/m1/s1. The summed E-state index contributed by atoms with van der Waals surface area (Å²) in [7, 11) is 3.23. The highest BCUT2D eigenvalue weighted by atomic mass is 16.5. The second-order valence-electron chi connectivity index (χ2n) is 6.68. The Morgan fingerprint density at radius 2 is 1.82 bits per heavy atom. The molecule has 0 rings (SSSR count). The van der Waals surface area contributed by atoms with Gasteiger partial charge in [-0.05, 0) is 11.8 Å². The van der Waals surface area contributed by atoms with Crippen LogP contribution < -0.4 is 5.32 Å². The maximum atomic E-state index is 12.4. The van der Waals surface area contributed by atoms with Gasteiger partial charge >= 0.3 is 0 Å². The molecule has 7 heteroatoms. The van der Waals surface area contributed by atoms with E-state index in [0.29, 0.717) is 17.9 Å². The third kappa shape index (κ3) is 6.01. The van der Waals surface area contributed by atoms with E-state index >= 15 is 0 Å². The third-order valence-corrected chi connectivity index (χ3v) is 3.40. The Balaban J connectivity index is 5.19. The zero-order valence-electron chi connectivity index (χ0n) is 14.4. The minimum absolute atomic E-state index is 0.208. The van der Waals surface area contributed by atoms with Crippen LogP contribution in [0.2, 0.25) is 0 Å². The van der Waals surface area contributed by atoms with Crippen molar-refractivity contribution in [1.82, 2.24) is 15.3 Å². The van der Waals surface area contributed by atoms with Crippen LogP contribution in [0.25, 0.3) is 0 Å².